The normalized spacial score (nSPS) is 12.5. The molecule has 0 bridgehead atoms. The van der Waals surface area contributed by atoms with Gasteiger partial charge in [-0.1, -0.05) is 12.1 Å². The van der Waals surface area contributed by atoms with Gasteiger partial charge in [-0.2, -0.15) is 0 Å². The number of nitrogens with zero attached hydrogens (tertiary/aromatic N) is 1. The lowest BCUT2D eigenvalue weighted by molar-refractivity contribution is 0.182. The van der Waals surface area contributed by atoms with Crippen LogP contribution >= 0.6 is 0 Å². The summed E-state index contributed by atoms with van der Waals surface area (Å²) in [5.74, 6) is 0. The summed E-state index contributed by atoms with van der Waals surface area (Å²) in [7, 11) is 1.75. The van der Waals surface area contributed by atoms with Gasteiger partial charge in [0.1, 0.15) is 0 Å². The van der Waals surface area contributed by atoms with Crippen LogP contribution in [0.25, 0.3) is 0 Å². The largest absolute Gasteiger partial charge is 0.383 e. The lowest BCUT2D eigenvalue weighted by atomic mass is 10.1. The van der Waals surface area contributed by atoms with Crippen LogP contribution in [0.5, 0.6) is 0 Å². The van der Waals surface area contributed by atoms with E-state index >= 15 is 0 Å². The molecule has 0 radical (unpaired) electrons. The summed E-state index contributed by atoms with van der Waals surface area (Å²) < 4.78 is 5.25. The average molecular weight is 250 g/mol. The first-order valence-electron chi connectivity index (χ1n) is 6.69. The van der Waals surface area contributed by atoms with Crippen LogP contribution < -0.4 is 10.6 Å². The van der Waals surface area contributed by atoms with Gasteiger partial charge >= 0.3 is 0 Å². The van der Waals surface area contributed by atoms with Gasteiger partial charge in [-0.25, -0.2) is 0 Å². The molecule has 0 heterocycles. The Morgan fingerprint density at radius 2 is 2.11 bits per heavy atom. The zero-order chi connectivity index (χ0) is 13.5. The number of hydrogen-bond acceptors (Lipinski definition) is 3. The minimum Gasteiger partial charge on any atom is -0.383 e. The predicted octanol–water partition coefficient (Wildman–Crippen LogP) is 2.36. The minimum atomic E-state index is 0.388. The third-order valence-electron chi connectivity index (χ3n) is 3.28. The van der Waals surface area contributed by atoms with Crippen molar-refractivity contribution < 1.29 is 4.74 Å². The Morgan fingerprint density at radius 1 is 1.39 bits per heavy atom. The third kappa shape index (κ3) is 3.72. The molecule has 1 aromatic rings. The Balaban J connectivity index is 2.92. The predicted molar refractivity (Wildman–Crippen MR) is 78.3 cm³/mol. The van der Waals surface area contributed by atoms with Gasteiger partial charge in [0, 0.05) is 25.4 Å². The summed E-state index contributed by atoms with van der Waals surface area (Å²) >= 11 is 0. The van der Waals surface area contributed by atoms with E-state index in [-0.39, 0.29) is 0 Å². The van der Waals surface area contributed by atoms with Gasteiger partial charge < -0.3 is 15.4 Å². The number of likely N-dealkylation sites (N-methyl/N-ethyl adjacent to an activating group) is 1. The van der Waals surface area contributed by atoms with Gasteiger partial charge in [0.2, 0.25) is 0 Å². The van der Waals surface area contributed by atoms with E-state index in [0.717, 1.165) is 19.6 Å². The van der Waals surface area contributed by atoms with E-state index in [1.54, 1.807) is 7.11 Å². The molecule has 0 aliphatic heterocycles. The van der Waals surface area contributed by atoms with E-state index in [4.69, 9.17) is 10.5 Å². The van der Waals surface area contributed by atoms with E-state index in [9.17, 15) is 0 Å². The number of ether oxygens (including phenoxy) is 1. The maximum atomic E-state index is 5.60. The molecule has 1 rings (SSSR count). The van der Waals surface area contributed by atoms with Crippen LogP contribution in [0.15, 0.2) is 18.2 Å². The maximum Gasteiger partial charge on any atom is 0.0663 e. The molecule has 1 atom stereocenters. The Kier molecular flexibility index (Phi) is 6.16. The molecule has 1 aromatic carbocycles. The lowest BCUT2D eigenvalue weighted by Crippen LogP contribution is -2.36. The van der Waals surface area contributed by atoms with Gasteiger partial charge in [0.05, 0.1) is 6.61 Å². The quantitative estimate of drug-likeness (QED) is 0.807. The standard InChI is InChI=1S/C15H26N2O/c1-5-17(13(3)11-18-4)15-7-6-14(8-9-16)10-12(15)2/h6-7,10,13H,5,8-9,11,16H2,1-4H3. The second kappa shape index (κ2) is 7.39. The summed E-state index contributed by atoms with van der Waals surface area (Å²) in [6, 6.07) is 7.01. The van der Waals surface area contributed by atoms with Gasteiger partial charge in [-0.05, 0) is 50.9 Å². The Bertz CT molecular complexity index is 366. The highest BCUT2D eigenvalue weighted by Crippen LogP contribution is 2.23. The first-order chi connectivity index (χ1) is 8.63. The Hall–Kier alpha value is -1.06. The number of hydrogen-bond donors (Lipinski definition) is 1. The van der Waals surface area contributed by atoms with Crippen LogP contribution in [0.2, 0.25) is 0 Å². The molecule has 0 saturated heterocycles. The topological polar surface area (TPSA) is 38.5 Å². The molecule has 0 spiro atoms. The summed E-state index contributed by atoms with van der Waals surface area (Å²) in [6.07, 6.45) is 0.945. The van der Waals surface area contributed by atoms with Gasteiger partial charge in [0.25, 0.3) is 0 Å². The molecule has 18 heavy (non-hydrogen) atoms. The number of anilines is 1. The van der Waals surface area contributed by atoms with Crippen molar-refractivity contribution in [2.45, 2.75) is 33.2 Å². The van der Waals surface area contributed by atoms with Crippen LogP contribution in [-0.4, -0.2) is 32.8 Å². The zero-order valence-corrected chi connectivity index (χ0v) is 12.1. The fourth-order valence-electron chi connectivity index (χ4n) is 2.41. The molecule has 3 heteroatoms. The molecule has 0 aliphatic rings. The third-order valence-corrected chi connectivity index (χ3v) is 3.28. The second-order valence-corrected chi connectivity index (χ2v) is 4.75. The van der Waals surface area contributed by atoms with Crippen molar-refractivity contribution in [3.8, 4) is 0 Å². The molecular weight excluding hydrogens is 224 g/mol. The van der Waals surface area contributed by atoms with E-state index in [0.29, 0.717) is 12.6 Å². The lowest BCUT2D eigenvalue weighted by Gasteiger charge is -2.31. The van der Waals surface area contributed by atoms with Crippen LogP contribution in [0, 0.1) is 6.92 Å². The van der Waals surface area contributed by atoms with Gasteiger partial charge in [-0.15, -0.1) is 0 Å². The summed E-state index contributed by atoms with van der Waals surface area (Å²) in [5, 5.41) is 0. The van der Waals surface area contributed by atoms with Crippen molar-refractivity contribution >= 4 is 5.69 Å². The highest BCUT2D eigenvalue weighted by atomic mass is 16.5. The SMILES string of the molecule is CCN(c1ccc(CCN)cc1C)C(C)COC. The molecule has 0 saturated carbocycles. The maximum absolute atomic E-state index is 5.60. The molecule has 0 aliphatic carbocycles. The molecule has 3 nitrogen and oxygen atoms in total. The van der Waals surface area contributed by atoms with Crippen LogP contribution in [0.4, 0.5) is 5.69 Å². The molecule has 0 fully saturated rings. The van der Waals surface area contributed by atoms with E-state index in [1.807, 2.05) is 0 Å². The number of rotatable bonds is 7. The molecule has 102 valence electrons. The summed E-state index contributed by atoms with van der Waals surface area (Å²) in [4.78, 5) is 2.38. The monoisotopic (exact) mass is 250 g/mol. The van der Waals surface area contributed by atoms with E-state index in [2.05, 4.69) is 43.9 Å². The average Bonchev–Trinajstić information content (AvgIpc) is 2.33. The van der Waals surface area contributed by atoms with Crippen molar-refractivity contribution in [2.75, 3.05) is 31.7 Å². The van der Waals surface area contributed by atoms with Crippen molar-refractivity contribution in [2.24, 2.45) is 5.73 Å². The first kappa shape index (κ1) is 15.0. The Morgan fingerprint density at radius 3 is 2.61 bits per heavy atom. The van der Waals surface area contributed by atoms with E-state index < -0.39 is 0 Å². The summed E-state index contributed by atoms with van der Waals surface area (Å²) in [5.41, 5.74) is 9.51. The number of nitrogens with two attached hydrogens (primary N) is 1. The zero-order valence-electron chi connectivity index (χ0n) is 12.1. The van der Waals surface area contributed by atoms with E-state index in [1.165, 1.54) is 16.8 Å². The minimum absolute atomic E-state index is 0.388. The smallest absolute Gasteiger partial charge is 0.0663 e. The van der Waals surface area contributed by atoms with Crippen molar-refractivity contribution in [1.29, 1.82) is 0 Å². The molecule has 0 amide bonds. The summed E-state index contributed by atoms with van der Waals surface area (Å²) in [6.45, 7) is 8.98. The molecule has 2 N–H and O–H groups in total. The Labute approximate surface area is 111 Å². The van der Waals surface area contributed by atoms with Crippen molar-refractivity contribution in [3.63, 3.8) is 0 Å². The van der Waals surface area contributed by atoms with Crippen LogP contribution in [-0.2, 0) is 11.2 Å². The second-order valence-electron chi connectivity index (χ2n) is 4.75. The highest BCUT2D eigenvalue weighted by Gasteiger charge is 2.14. The fourth-order valence-corrected chi connectivity index (χ4v) is 2.41. The number of aryl methyl sites for hydroxylation is 1. The number of benzene rings is 1. The van der Waals surface area contributed by atoms with Gasteiger partial charge in [0.15, 0.2) is 0 Å². The van der Waals surface area contributed by atoms with Crippen molar-refractivity contribution in [3.05, 3.63) is 29.3 Å². The number of methoxy groups -OCH3 is 1. The highest BCUT2D eigenvalue weighted by molar-refractivity contribution is 5.55. The first-order valence-corrected chi connectivity index (χ1v) is 6.69. The molecular formula is C15H26N2O. The fraction of sp³-hybridized carbons (Fsp3) is 0.600. The molecule has 0 aromatic heterocycles. The van der Waals surface area contributed by atoms with Crippen molar-refractivity contribution in [1.82, 2.24) is 0 Å². The van der Waals surface area contributed by atoms with Crippen LogP contribution in [0.3, 0.4) is 0 Å². The van der Waals surface area contributed by atoms with Gasteiger partial charge in [-0.3, -0.25) is 0 Å². The van der Waals surface area contributed by atoms with Crippen LogP contribution in [0.1, 0.15) is 25.0 Å². The molecule has 1 unspecified atom stereocenters.